The molecular weight excluding hydrogens is 246 g/mol. The van der Waals surface area contributed by atoms with Crippen molar-refractivity contribution in [2.75, 3.05) is 5.73 Å². The Kier molecular flexibility index (Phi) is 2.87. The molecule has 110 valence electrons. The second-order valence-electron chi connectivity index (χ2n) is 7.96. The summed E-state index contributed by atoms with van der Waals surface area (Å²) in [6.45, 7) is 3.04. The third kappa shape index (κ3) is 2.06. The van der Waals surface area contributed by atoms with Gasteiger partial charge in [-0.05, 0) is 81.5 Å². The number of hydrogen-bond acceptors (Lipinski definition) is 2. The van der Waals surface area contributed by atoms with Crippen molar-refractivity contribution in [1.29, 1.82) is 0 Å². The second-order valence-corrected chi connectivity index (χ2v) is 7.96. The van der Waals surface area contributed by atoms with Crippen LogP contribution < -0.4 is 5.73 Å². The normalized spacial score (nSPS) is 38.5. The van der Waals surface area contributed by atoms with Crippen LogP contribution in [-0.4, -0.2) is 9.78 Å². The molecule has 1 aromatic rings. The molecule has 0 radical (unpaired) electrons. The van der Waals surface area contributed by atoms with Gasteiger partial charge in [-0.25, -0.2) is 4.68 Å². The molecule has 0 amide bonds. The third-order valence-electron chi connectivity index (χ3n) is 6.31. The average molecular weight is 273 g/mol. The zero-order chi connectivity index (χ0) is 13.7. The summed E-state index contributed by atoms with van der Waals surface area (Å²) in [7, 11) is 0. The molecule has 2 N–H and O–H groups in total. The Bertz CT molecular complexity index is 467. The number of nitrogens with zero attached hydrogens (tertiary/aromatic N) is 2. The van der Waals surface area contributed by atoms with Gasteiger partial charge in [-0.2, -0.15) is 5.10 Å². The van der Waals surface area contributed by atoms with Crippen LogP contribution in [0.15, 0.2) is 6.20 Å². The van der Waals surface area contributed by atoms with Crippen molar-refractivity contribution < 1.29 is 0 Å². The Morgan fingerprint density at radius 1 is 1.20 bits per heavy atom. The quantitative estimate of drug-likeness (QED) is 0.907. The number of aryl methyl sites for hydroxylation is 2. The van der Waals surface area contributed by atoms with Gasteiger partial charge in [0.1, 0.15) is 5.82 Å². The van der Waals surface area contributed by atoms with Crippen LogP contribution in [0.25, 0.3) is 0 Å². The first-order valence-electron chi connectivity index (χ1n) is 8.41. The summed E-state index contributed by atoms with van der Waals surface area (Å²) in [4.78, 5) is 0. The number of rotatable bonds is 4. The van der Waals surface area contributed by atoms with Gasteiger partial charge >= 0.3 is 0 Å². The van der Waals surface area contributed by atoms with Gasteiger partial charge in [-0.15, -0.1) is 0 Å². The number of hydrogen-bond donors (Lipinski definition) is 1. The maximum atomic E-state index is 6.05. The van der Waals surface area contributed by atoms with Crippen LogP contribution in [0.4, 0.5) is 5.82 Å². The molecule has 1 aromatic heterocycles. The maximum absolute atomic E-state index is 6.05. The van der Waals surface area contributed by atoms with E-state index in [1.165, 1.54) is 32.1 Å². The Labute approximate surface area is 121 Å². The lowest BCUT2D eigenvalue weighted by Gasteiger charge is -2.57. The summed E-state index contributed by atoms with van der Waals surface area (Å²) >= 11 is 0. The van der Waals surface area contributed by atoms with Crippen LogP contribution in [0.5, 0.6) is 0 Å². The van der Waals surface area contributed by atoms with Gasteiger partial charge < -0.3 is 5.73 Å². The Balaban J connectivity index is 1.39. The molecule has 0 saturated heterocycles. The summed E-state index contributed by atoms with van der Waals surface area (Å²) in [6.07, 6.45) is 13.7. The fourth-order valence-corrected chi connectivity index (χ4v) is 5.87. The van der Waals surface area contributed by atoms with Gasteiger partial charge in [0.15, 0.2) is 0 Å². The molecule has 1 heterocycles. The number of nitrogen functional groups attached to an aromatic ring is 1. The highest BCUT2D eigenvalue weighted by molar-refractivity contribution is 5.36. The summed E-state index contributed by atoms with van der Waals surface area (Å²) in [6, 6.07) is 0. The molecule has 5 rings (SSSR count). The van der Waals surface area contributed by atoms with Crippen LogP contribution in [-0.2, 0) is 6.54 Å². The maximum Gasteiger partial charge on any atom is 0.124 e. The Morgan fingerprint density at radius 3 is 2.30 bits per heavy atom. The summed E-state index contributed by atoms with van der Waals surface area (Å²) in [5.41, 5.74) is 7.86. The van der Waals surface area contributed by atoms with Gasteiger partial charge in [-0.3, -0.25) is 0 Å². The molecule has 0 unspecified atom stereocenters. The first-order chi connectivity index (χ1) is 9.63. The fraction of sp³-hybridized carbons (Fsp3) is 0.824. The lowest BCUT2D eigenvalue weighted by atomic mass is 9.48. The van der Waals surface area contributed by atoms with E-state index in [0.717, 1.165) is 35.7 Å². The fourth-order valence-electron chi connectivity index (χ4n) is 5.87. The number of aromatic nitrogens is 2. The molecule has 0 aliphatic heterocycles. The summed E-state index contributed by atoms with van der Waals surface area (Å²) in [5, 5.41) is 4.39. The Hall–Kier alpha value is -0.990. The van der Waals surface area contributed by atoms with Crippen molar-refractivity contribution in [2.45, 2.75) is 64.8 Å². The predicted octanol–water partition coefficient (Wildman–Crippen LogP) is 3.77. The Morgan fingerprint density at radius 2 is 1.80 bits per heavy atom. The molecule has 3 nitrogen and oxygen atoms in total. The highest BCUT2D eigenvalue weighted by atomic mass is 15.3. The second kappa shape index (κ2) is 4.51. The highest BCUT2D eigenvalue weighted by Crippen LogP contribution is 2.61. The molecular formula is C17H27N3. The van der Waals surface area contributed by atoms with E-state index in [1.807, 2.05) is 17.8 Å². The standard InChI is InChI=1S/C17H27N3/c1-12-11-19-20(16(12)18)4-2-3-17-8-13-5-14(9-17)7-15(6-13)10-17/h11,13-15H,2-10,18H2,1H3. The molecule has 4 saturated carbocycles. The number of nitrogens with two attached hydrogens (primary N) is 1. The molecule has 4 aliphatic rings. The topological polar surface area (TPSA) is 43.8 Å². The van der Waals surface area contributed by atoms with Crippen molar-refractivity contribution in [3.8, 4) is 0 Å². The van der Waals surface area contributed by atoms with Crippen LogP contribution in [0.2, 0.25) is 0 Å². The zero-order valence-corrected chi connectivity index (χ0v) is 12.6. The van der Waals surface area contributed by atoms with E-state index in [1.54, 1.807) is 19.3 Å². The zero-order valence-electron chi connectivity index (χ0n) is 12.6. The van der Waals surface area contributed by atoms with Gasteiger partial charge in [0.25, 0.3) is 0 Å². The molecule has 20 heavy (non-hydrogen) atoms. The van der Waals surface area contributed by atoms with E-state index in [9.17, 15) is 0 Å². The average Bonchev–Trinajstić information content (AvgIpc) is 2.69. The minimum absolute atomic E-state index is 0.700. The lowest BCUT2D eigenvalue weighted by molar-refractivity contribution is -0.0586. The van der Waals surface area contributed by atoms with Crippen LogP contribution in [0, 0.1) is 30.1 Å². The smallest absolute Gasteiger partial charge is 0.124 e. The highest BCUT2D eigenvalue weighted by Gasteiger charge is 2.50. The van der Waals surface area contributed by atoms with Crippen molar-refractivity contribution in [3.63, 3.8) is 0 Å². The third-order valence-corrected chi connectivity index (χ3v) is 6.31. The monoisotopic (exact) mass is 273 g/mol. The van der Waals surface area contributed by atoms with Crippen molar-refractivity contribution in [1.82, 2.24) is 9.78 Å². The first kappa shape index (κ1) is 12.7. The van der Waals surface area contributed by atoms with E-state index in [2.05, 4.69) is 5.10 Å². The van der Waals surface area contributed by atoms with Gasteiger partial charge in [0, 0.05) is 12.1 Å². The molecule has 4 aliphatic carbocycles. The van der Waals surface area contributed by atoms with E-state index >= 15 is 0 Å². The molecule has 0 atom stereocenters. The van der Waals surface area contributed by atoms with Gasteiger partial charge in [0.05, 0.1) is 6.20 Å². The summed E-state index contributed by atoms with van der Waals surface area (Å²) < 4.78 is 2.00. The van der Waals surface area contributed by atoms with E-state index in [4.69, 9.17) is 5.73 Å². The van der Waals surface area contributed by atoms with Crippen molar-refractivity contribution in [3.05, 3.63) is 11.8 Å². The number of anilines is 1. The molecule has 3 heteroatoms. The van der Waals surface area contributed by atoms with Crippen LogP contribution in [0.3, 0.4) is 0 Å². The minimum Gasteiger partial charge on any atom is -0.384 e. The van der Waals surface area contributed by atoms with E-state index in [-0.39, 0.29) is 0 Å². The van der Waals surface area contributed by atoms with E-state index < -0.39 is 0 Å². The lowest BCUT2D eigenvalue weighted by Crippen LogP contribution is -2.46. The molecule has 0 aromatic carbocycles. The first-order valence-corrected chi connectivity index (χ1v) is 8.41. The van der Waals surface area contributed by atoms with Crippen molar-refractivity contribution in [2.24, 2.45) is 23.2 Å². The molecule has 4 fully saturated rings. The van der Waals surface area contributed by atoms with E-state index in [0.29, 0.717) is 5.41 Å². The summed E-state index contributed by atoms with van der Waals surface area (Å²) in [5.74, 6) is 4.06. The van der Waals surface area contributed by atoms with Gasteiger partial charge in [0.2, 0.25) is 0 Å². The predicted molar refractivity (Wildman–Crippen MR) is 81.2 cm³/mol. The minimum atomic E-state index is 0.700. The SMILES string of the molecule is Cc1cnn(CCCC23CC4CC(CC(C4)C2)C3)c1N. The van der Waals surface area contributed by atoms with Crippen LogP contribution in [0.1, 0.15) is 56.9 Å². The largest absolute Gasteiger partial charge is 0.384 e. The van der Waals surface area contributed by atoms with Crippen molar-refractivity contribution >= 4 is 5.82 Å². The van der Waals surface area contributed by atoms with Crippen LogP contribution >= 0.6 is 0 Å². The molecule has 0 spiro atoms. The molecule has 4 bridgehead atoms. The van der Waals surface area contributed by atoms with Gasteiger partial charge in [-0.1, -0.05) is 0 Å².